The van der Waals surface area contributed by atoms with E-state index in [9.17, 15) is 10.4 Å². The van der Waals surface area contributed by atoms with Crippen molar-refractivity contribution in [3.63, 3.8) is 0 Å². The summed E-state index contributed by atoms with van der Waals surface area (Å²) in [6, 6.07) is 0.111. The molecular weight excluding hydrogens is 180 g/mol. The molecule has 2 saturated carbocycles. The van der Waals surface area contributed by atoms with Gasteiger partial charge in [0.25, 0.3) is 0 Å². The molecule has 0 aromatic rings. The lowest BCUT2D eigenvalue weighted by Crippen LogP contribution is -3.20. The van der Waals surface area contributed by atoms with Crippen molar-refractivity contribution in [3.05, 3.63) is 10.4 Å². The standard InChI is InChI=1S/C10H20N2O2/c1-11(13)9-7-4-3-5-8(6-7)10(9)12(2)14/h7-12H,3-6H2,1-2H3. The summed E-state index contributed by atoms with van der Waals surface area (Å²) in [6.45, 7) is 0. The Bertz CT molecular complexity index is 188. The van der Waals surface area contributed by atoms with Crippen LogP contribution in [0.5, 0.6) is 0 Å². The van der Waals surface area contributed by atoms with Gasteiger partial charge in [0.2, 0.25) is 0 Å². The highest BCUT2D eigenvalue weighted by atomic mass is 16.5. The molecule has 0 amide bonds. The van der Waals surface area contributed by atoms with E-state index in [-0.39, 0.29) is 22.2 Å². The third kappa shape index (κ3) is 1.56. The summed E-state index contributed by atoms with van der Waals surface area (Å²) in [5.74, 6) is 1.03. The van der Waals surface area contributed by atoms with Gasteiger partial charge < -0.3 is 20.5 Å². The van der Waals surface area contributed by atoms with Crippen LogP contribution in [0.2, 0.25) is 0 Å². The SMILES string of the molecule is C[NH+]([O-])C1C2CCCC(C2)C1[NH+](C)[O-]. The fourth-order valence-corrected chi connectivity index (χ4v) is 3.68. The van der Waals surface area contributed by atoms with Crippen LogP contribution in [0.25, 0.3) is 0 Å². The summed E-state index contributed by atoms with van der Waals surface area (Å²) < 4.78 is 0. The maximum Gasteiger partial charge on any atom is 0.143 e. The van der Waals surface area contributed by atoms with Gasteiger partial charge in [-0.1, -0.05) is 6.42 Å². The first-order chi connectivity index (χ1) is 6.61. The van der Waals surface area contributed by atoms with Crippen LogP contribution in [0.15, 0.2) is 0 Å². The Kier molecular flexibility index (Phi) is 2.79. The van der Waals surface area contributed by atoms with E-state index in [0.717, 1.165) is 19.3 Å². The number of hydroxylamine groups is 4. The van der Waals surface area contributed by atoms with Gasteiger partial charge in [-0.15, -0.1) is 0 Å². The van der Waals surface area contributed by atoms with Crippen LogP contribution in [0.3, 0.4) is 0 Å². The van der Waals surface area contributed by atoms with E-state index >= 15 is 0 Å². The first-order valence-corrected chi connectivity index (χ1v) is 5.62. The van der Waals surface area contributed by atoms with Gasteiger partial charge in [-0.05, 0) is 19.3 Å². The number of hydrogen-bond acceptors (Lipinski definition) is 2. The van der Waals surface area contributed by atoms with E-state index in [1.807, 2.05) is 0 Å². The van der Waals surface area contributed by atoms with Gasteiger partial charge in [0.1, 0.15) is 12.1 Å². The zero-order chi connectivity index (χ0) is 10.3. The molecule has 0 aromatic heterocycles. The molecule has 4 nitrogen and oxygen atoms in total. The lowest BCUT2D eigenvalue weighted by Gasteiger charge is -2.36. The fraction of sp³-hybridized carbons (Fsp3) is 1.00. The molecule has 2 N–H and O–H groups in total. The van der Waals surface area contributed by atoms with Gasteiger partial charge in [-0.2, -0.15) is 0 Å². The zero-order valence-corrected chi connectivity index (χ0v) is 8.95. The van der Waals surface area contributed by atoms with Gasteiger partial charge in [-0.3, -0.25) is 0 Å². The third-order valence-electron chi connectivity index (χ3n) is 4.10. The Balaban J connectivity index is 2.18. The first kappa shape index (κ1) is 10.4. The Morgan fingerprint density at radius 3 is 1.71 bits per heavy atom. The van der Waals surface area contributed by atoms with E-state index < -0.39 is 0 Å². The minimum Gasteiger partial charge on any atom is -0.634 e. The Labute approximate surface area is 85.0 Å². The van der Waals surface area contributed by atoms with E-state index in [4.69, 9.17) is 0 Å². The predicted molar refractivity (Wildman–Crippen MR) is 53.5 cm³/mol. The highest BCUT2D eigenvalue weighted by molar-refractivity contribution is 4.94. The van der Waals surface area contributed by atoms with Crippen LogP contribution >= 0.6 is 0 Å². The number of likely N-dealkylation sites (N-methyl/N-ethyl adjacent to an activating group) is 2. The molecule has 6 atom stereocenters. The molecule has 6 unspecified atom stereocenters. The largest absolute Gasteiger partial charge is 0.634 e. The summed E-state index contributed by atoms with van der Waals surface area (Å²) in [6.07, 6.45) is 4.65. The van der Waals surface area contributed by atoms with Crippen LogP contribution in [0, 0.1) is 22.3 Å². The predicted octanol–water partition coefficient (Wildman–Crippen LogP) is -1.43. The van der Waals surface area contributed by atoms with Gasteiger partial charge in [-0.25, -0.2) is 0 Å². The van der Waals surface area contributed by atoms with Crippen molar-refractivity contribution in [1.29, 1.82) is 0 Å². The number of quaternary nitrogens is 2. The molecule has 14 heavy (non-hydrogen) atoms. The molecule has 0 heterocycles. The van der Waals surface area contributed by atoms with Crippen LogP contribution in [-0.2, 0) is 0 Å². The van der Waals surface area contributed by atoms with Gasteiger partial charge in [0.15, 0.2) is 0 Å². The molecular formula is C10H20N2O2. The molecule has 2 bridgehead atoms. The van der Waals surface area contributed by atoms with Crippen molar-refractivity contribution in [2.45, 2.75) is 37.8 Å². The van der Waals surface area contributed by atoms with E-state index in [0.29, 0.717) is 11.8 Å². The molecule has 2 aliphatic rings. The van der Waals surface area contributed by atoms with Crippen LogP contribution in [0.1, 0.15) is 25.7 Å². The molecule has 0 saturated heterocycles. The lowest BCUT2D eigenvalue weighted by molar-refractivity contribution is -0.931. The zero-order valence-electron chi connectivity index (χ0n) is 8.95. The molecule has 2 rings (SSSR count). The lowest BCUT2D eigenvalue weighted by atomic mass is 9.88. The Hall–Kier alpha value is -0.160. The van der Waals surface area contributed by atoms with Gasteiger partial charge in [0, 0.05) is 11.8 Å². The second-order valence-corrected chi connectivity index (χ2v) is 4.96. The van der Waals surface area contributed by atoms with Crippen molar-refractivity contribution in [2.75, 3.05) is 14.1 Å². The molecule has 0 spiro atoms. The van der Waals surface area contributed by atoms with Crippen LogP contribution < -0.4 is 10.1 Å². The van der Waals surface area contributed by atoms with Crippen LogP contribution in [-0.4, -0.2) is 26.2 Å². The van der Waals surface area contributed by atoms with Gasteiger partial charge >= 0.3 is 0 Å². The highest BCUT2D eigenvalue weighted by Crippen LogP contribution is 2.40. The van der Waals surface area contributed by atoms with Gasteiger partial charge in [0.05, 0.1) is 14.1 Å². The fourth-order valence-electron chi connectivity index (χ4n) is 3.68. The van der Waals surface area contributed by atoms with Crippen LogP contribution in [0.4, 0.5) is 0 Å². The second-order valence-electron chi connectivity index (χ2n) is 4.96. The minimum atomic E-state index is 0.0556. The molecule has 2 aliphatic carbocycles. The molecule has 4 heteroatoms. The average Bonchev–Trinajstić information content (AvgIpc) is 2.37. The van der Waals surface area contributed by atoms with Crippen molar-refractivity contribution < 1.29 is 10.1 Å². The molecule has 82 valence electrons. The minimum absolute atomic E-state index is 0.0556. The first-order valence-electron chi connectivity index (χ1n) is 5.62. The summed E-state index contributed by atoms with van der Waals surface area (Å²) in [4.78, 5) is 0. The highest BCUT2D eigenvalue weighted by Gasteiger charge is 2.51. The number of nitrogens with one attached hydrogen (secondary N) is 2. The monoisotopic (exact) mass is 200 g/mol. The topological polar surface area (TPSA) is 55.0 Å². The number of fused-ring (bicyclic) bond motifs is 2. The molecule has 0 aliphatic heterocycles. The van der Waals surface area contributed by atoms with Crippen molar-refractivity contribution in [2.24, 2.45) is 11.8 Å². The van der Waals surface area contributed by atoms with E-state index in [2.05, 4.69) is 0 Å². The summed E-state index contributed by atoms with van der Waals surface area (Å²) >= 11 is 0. The molecule has 0 radical (unpaired) electrons. The van der Waals surface area contributed by atoms with Crippen molar-refractivity contribution in [3.8, 4) is 0 Å². The summed E-state index contributed by atoms with van der Waals surface area (Å²) in [5.41, 5.74) is 0. The van der Waals surface area contributed by atoms with E-state index in [1.54, 1.807) is 14.1 Å². The maximum atomic E-state index is 11.6. The van der Waals surface area contributed by atoms with Crippen molar-refractivity contribution >= 4 is 0 Å². The normalized spacial score (nSPS) is 46.3. The second kappa shape index (κ2) is 3.77. The number of rotatable bonds is 2. The summed E-state index contributed by atoms with van der Waals surface area (Å²) in [5, 5.41) is 23.6. The maximum absolute atomic E-state index is 11.6. The molecule has 2 fully saturated rings. The Morgan fingerprint density at radius 1 is 0.929 bits per heavy atom. The Morgan fingerprint density at radius 2 is 1.36 bits per heavy atom. The molecule has 0 aromatic carbocycles. The third-order valence-corrected chi connectivity index (χ3v) is 4.10. The smallest absolute Gasteiger partial charge is 0.143 e. The van der Waals surface area contributed by atoms with Crippen molar-refractivity contribution in [1.82, 2.24) is 0 Å². The average molecular weight is 200 g/mol. The van der Waals surface area contributed by atoms with E-state index in [1.165, 1.54) is 6.42 Å². The summed E-state index contributed by atoms with van der Waals surface area (Å²) in [7, 11) is 3.31. The number of hydrogen-bond donors (Lipinski definition) is 2. The quantitative estimate of drug-likeness (QED) is 0.537.